The molecule has 0 aliphatic heterocycles. The Morgan fingerprint density at radius 1 is 1.14 bits per heavy atom. The largest absolute Gasteiger partial charge is 0.434 e. The van der Waals surface area contributed by atoms with Gasteiger partial charge in [-0.3, -0.25) is 0 Å². The molecule has 29 heavy (non-hydrogen) atoms. The monoisotopic (exact) mass is 424 g/mol. The van der Waals surface area contributed by atoms with E-state index in [1.165, 1.54) is 27.6 Å². The molecule has 0 spiro atoms. The number of fused-ring (bicyclic) bond motifs is 1. The van der Waals surface area contributed by atoms with Crippen molar-refractivity contribution in [3.63, 3.8) is 0 Å². The molecule has 0 atom stereocenters. The van der Waals surface area contributed by atoms with Crippen LogP contribution >= 0.6 is 11.6 Å². The fourth-order valence-corrected chi connectivity index (χ4v) is 3.11. The van der Waals surface area contributed by atoms with E-state index in [-0.39, 0.29) is 29.8 Å². The van der Waals surface area contributed by atoms with Gasteiger partial charge in [0.15, 0.2) is 11.3 Å². The molecule has 150 valence electrons. The van der Waals surface area contributed by atoms with Gasteiger partial charge in [-0.1, -0.05) is 6.07 Å². The van der Waals surface area contributed by atoms with Gasteiger partial charge in [-0.15, -0.1) is 0 Å². The minimum Gasteiger partial charge on any atom is -0.331 e. The molecular formula is C18H13ClF4N6. The van der Waals surface area contributed by atoms with Crippen LogP contribution in [0.3, 0.4) is 0 Å². The van der Waals surface area contributed by atoms with Crippen LogP contribution in [0.1, 0.15) is 18.2 Å². The summed E-state index contributed by atoms with van der Waals surface area (Å²) in [4.78, 5) is 11.6. The van der Waals surface area contributed by atoms with E-state index >= 15 is 0 Å². The molecule has 0 bridgehead atoms. The third-order valence-electron chi connectivity index (χ3n) is 4.36. The first-order valence-corrected chi connectivity index (χ1v) is 8.91. The predicted molar refractivity (Wildman–Crippen MR) is 97.7 cm³/mol. The molecule has 3 heterocycles. The maximum atomic E-state index is 14.8. The van der Waals surface area contributed by atoms with Gasteiger partial charge in [0.25, 0.3) is 0 Å². The first-order valence-electron chi connectivity index (χ1n) is 8.53. The third-order valence-corrected chi connectivity index (χ3v) is 4.54. The Labute approximate surface area is 166 Å². The second-order valence-corrected chi connectivity index (χ2v) is 6.61. The highest BCUT2D eigenvalue weighted by Crippen LogP contribution is 2.32. The second kappa shape index (κ2) is 7.11. The second-order valence-electron chi connectivity index (χ2n) is 6.27. The molecule has 4 aromatic rings. The molecule has 0 fully saturated rings. The van der Waals surface area contributed by atoms with Crippen LogP contribution in [0.2, 0.25) is 5.28 Å². The van der Waals surface area contributed by atoms with E-state index in [0.29, 0.717) is 16.6 Å². The number of alkyl halides is 3. The lowest BCUT2D eigenvalue weighted by Gasteiger charge is -2.08. The van der Waals surface area contributed by atoms with Gasteiger partial charge in [0.2, 0.25) is 5.28 Å². The Balaban J connectivity index is 1.68. The Morgan fingerprint density at radius 3 is 2.62 bits per heavy atom. The summed E-state index contributed by atoms with van der Waals surface area (Å²) in [5.41, 5.74) is -0.0262. The van der Waals surface area contributed by atoms with E-state index in [4.69, 9.17) is 11.6 Å². The van der Waals surface area contributed by atoms with Crippen molar-refractivity contribution in [2.45, 2.75) is 26.2 Å². The summed E-state index contributed by atoms with van der Waals surface area (Å²) in [6.45, 7) is 2.08. The van der Waals surface area contributed by atoms with Crippen molar-refractivity contribution >= 4 is 22.6 Å². The summed E-state index contributed by atoms with van der Waals surface area (Å²) in [5, 5.41) is 4.93. The zero-order valence-corrected chi connectivity index (χ0v) is 15.7. The zero-order chi connectivity index (χ0) is 20.8. The number of halogens is 5. The highest BCUT2D eigenvalue weighted by molar-refractivity contribution is 6.28. The Kier molecular flexibility index (Phi) is 4.73. The Hall–Kier alpha value is -3.01. The van der Waals surface area contributed by atoms with Crippen LogP contribution in [0.4, 0.5) is 17.6 Å². The molecule has 0 N–H and O–H groups in total. The average Bonchev–Trinajstić information content (AvgIpc) is 3.26. The normalized spacial score (nSPS) is 12.1. The summed E-state index contributed by atoms with van der Waals surface area (Å²) < 4.78 is 56.5. The summed E-state index contributed by atoms with van der Waals surface area (Å²) in [6.07, 6.45) is -0.633. The molecule has 0 aliphatic rings. The summed E-state index contributed by atoms with van der Waals surface area (Å²) in [5.74, 6) is -0.756. The highest BCUT2D eigenvalue weighted by atomic mass is 35.5. The lowest BCUT2D eigenvalue weighted by molar-refractivity contribution is -0.140. The van der Waals surface area contributed by atoms with Crippen molar-refractivity contribution in [2.24, 2.45) is 0 Å². The van der Waals surface area contributed by atoms with E-state index in [9.17, 15) is 17.6 Å². The van der Waals surface area contributed by atoms with E-state index in [1.54, 1.807) is 19.2 Å². The predicted octanol–water partition coefficient (Wildman–Crippen LogP) is 4.57. The lowest BCUT2D eigenvalue weighted by Crippen LogP contribution is -2.05. The molecule has 11 heteroatoms. The maximum Gasteiger partial charge on any atom is 0.434 e. The van der Waals surface area contributed by atoms with Crippen LogP contribution in [0.5, 0.6) is 0 Å². The molecule has 3 aromatic heterocycles. The van der Waals surface area contributed by atoms with Gasteiger partial charge in [0, 0.05) is 18.9 Å². The third kappa shape index (κ3) is 3.67. The van der Waals surface area contributed by atoms with Crippen molar-refractivity contribution in [3.05, 3.63) is 59.1 Å². The Morgan fingerprint density at radius 2 is 1.93 bits per heavy atom. The maximum absolute atomic E-state index is 14.8. The zero-order valence-electron chi connectivity index (χ0n) is 15.0. The van der Waals surface area contributed by atoms with Crippen molar-refractivity contribution in [3.8, 4) is 11.4 Å². The molecule has 0 unspecified atom stereocenters. The van der Waals surface area contributed by atoms with Crippen molar-refractivity contribution in [2.75, 3.05) is 0 Å². The molecule has 0 radical (unpaired) electrons. The van der Waals surface area contributed by atoms with Crippen LogP contribution in [-0.4, -0.2) is 29.3 Å². The summed E-state index contributed by atoms with van der Waals surface area (Å²) >= 11 is 5.81. The minimum atomic E-state index is -4.60. The average molecular weight is 425 g/mol. The van der Waals surface area contributed by atoms with Crippen molar-refractivity contribution in [1.82, 2.24) is 29.3 Å². The van der Waals surface area contributed by atoms with Crippen LogP contribution in [0.15, 0.2) is 36.8 Å². The number of benzene rings is 1. The molecule has 4 rings (SSSR count). The van der Waals surface area contributed by atoms with Gasteiger partial charge >= 0.3 is 6.18 Å². The molecule has 0 saturated heterocycles. The molecule has 1 aromatic carbocycles. The van der Waals surface area contributed by atoms with Gasteiger partial charge in [-0.2, -0.15) is 23.3 Å². The number of imidazole rings is 1. The molecule has 0 saturated carbocycles. The fraction of sp³-hybridized carbons (Fsp3) is 0.222. The number of hydrogen-bond donors (Lipinski definition) is 0. The van der Waals surface area contributed by atoms with Gasteiger partial charge < -0.3 is 4.57 Å². The van der Waals surface area contributed by atoms with Crippen LogP contribution in [0, 0.1) is 5.82 Å². The van der Waals surface area contributed by atoms with E-state index in [1.807, 2.05) is 0 Å². The van der Waals surface area contributed by atoms with E-state index < -0.39 is 17.7 Å². The van der Waals surface area contributed by atoms with Crippen LogP contribution in [0.25, 0.3) is 22.4 Å². The number of hydrogen-bond acceptors (Lipinski definition) is 4. The summed E-state index contributed by atoms with van der Waals surface area (Å²) in [6, 6.07) is 4.26. The van der Waals surface area contributed by atoms with Crippen LogP contribution < -0.4 is 0 Å². The van der Waals surface area contributed by atoms with Crippen LogP contribution in [-0.2, 0) is 19.3 Å². The first-order chi connectivity index (χ1) is 13.8. The number of nitrogens with zero attached hydrogens (tertiary/aromatic N) is 6. The topological polar surface area (TPSA) is 61.4 Å². The molecule has 0 aliphatic carbocycles. The van der Waals surface area contributed by atoms with E-state index in [2.05, 4.69) is 20.1 Å². The smallest absolute Gasteiger partial charge is 0.331 e. The first kappa shape index (κ1) is 19.3. The molecule has 6 nitrogen and oxygen atoms in total. The minimum absolute atomic E-state index is 0.0122. The standard InChI is InChI=1S/C18H13ClF4N6/c1-2-28-9-14(18(21,22)23)26-16(28)12-4-3-10(5-13(12)20)8-29-15-11(7-25-29)6-24-17(19)27-15/h3-7,9H,2,8H2,1H3. The van der Waals surface area contributed by atoms with Crippen molar-refractivity contribution in [1.29, 1.82) is 0 Å². The van der Waals surface area contributed by atoms with Crippen molar-refractivity contribution < 1.29 is 17.6 Å². The SMILES string of the molecule is CCn1cc(C(F)(F)F)nc1-c1ccc(Cn2ncc3cnc(Cl)nc32)cc1F. The number of rotatable bonds is 4. The summed E-state index contributed by atoms with van der Waals surface area (Å²) in [7, 11) is 0. The quantitative estimate of drug-likeness (QED) is 0.355. The van der Waals surface area contributed by atoms with E-state index in [0.717, 1.165) is 6.20 Å². The van der Waals surface area contributed by atoms with Gasteiger partial charge in [-0.05, 0) is 36.2 Å². The molecular weight excluding hydrogens is 412 g/mol. The van der Waals surface area contributed by atoms with Gasteiger partial charge in [0.05, 0.1) is 23.7 Å². The van der Waals surface area contributed by atoms with Gasteiger partial charge in [0.1, 0.15) is 11.6 Å². The highest BCUT2D eigenvalue weighted by Gasteiger charge is 2.35. The van der Waals surface area contributed by atoms with Gasteiger partial charge in [-0.25, -0.2) is 19.0 Å². The number of aryl methyl sites for hydroxylation is 1. The fourth-order valence-electron chi connectivity index (χ4n) is 2.98. The molecule has 0 amide bonds. The Bertz CT molecular complexity index is 1200. The number of aromatic nitrogens is 6. The lowest BCUT2D eigenvalue weighted by atomic mass is 10.1.